The van der Waals surface area contributed by atoms with Gasteiger partial charge in [0.25, 0.3) is 5.91 Å². The van der Waals surface area contributed by atoms with Gasteiger partial charge in [-0.15, -0.1) is 11.3 Å². The maximum absolute atomic E-state index is 12.1. The molecule has 1 aliphatic heterocycles. The van der Waals surface area contributed by atoms with Gasteiger partial charge >= 0.3 is 0 Å². The number of amides is 2. The number of carbonyl (C=O) groups excluding carboxylic acids is 2. The first-order chi connectivity index (χ1) is 10.7. The summed E-state index contributed by atoms with van der Waals surface area (Å²) in [6.07, 6.45) is 6.34. The Morgan fingerprint density at radius 2 is 2.18 bits per heavy atom. The first-order valence-corrected chi connectivity index (χ1v) is 9.20. The van der Waals surface area contributed by atoms with Crippen LogP contribution in [0.15, 0.2) is 11.4 Å². The fourth-order valence-corrected chi connectivity index (χ4v) is 4.35. The zero-order valence-electron chi connectivity index (χ0n) is 13.1. The fourth-order valence-electron chi connectivity index (χ4n) is 3.54. The molecule has 1 saturated heterocycles. The molecule has 22 heavy (non-hydrogen) atoms. The molecule has 0 bridgehead atoms. The molecule has 2 amide bonds. The van der Waals surface area contributed by atoms with Gasteiger partial charge in [0.15, 0.2) is 0 Å². The van der Waals surface area contributed by atoms with Gasteiger partial charge < -0.3 is 10.2 Å². The van der Waals surface area contributed by atoms with E-state index in [9.17, 15) is 9.59 Å². The first-order valence-electron chi connectivity index (χ1n) is 8.32. The molecule has 1 saturated carbocycles. The van der Waals surface area contributed by atoms with Gasteiger partial charge in [0.2, 0.25) is 5.91 Å². The number of hydrogen-bond donors (Lipinski definition) is 1. The Morgan fingerprint density at radius 3 is 2.86 bits per heavy atom. The van der Waals surface area contributed by atoms with Gasteiger partial charge in [0.1, 0.15) is 0 Å². The lowest BCUT2D eigenvalue weighted by Crippen LogP contribution is -2.36. The van der Waals surface area contributed by atoms with Gasteiger partial charge in [0.05, 0.1) is 5.56 Å². The van der Waals surface area contributed by atoms with E-state index in [1.54, 1.807) is 11.3 Å². The summed E-state index contributed by atoms with van der Waals surface area (Å²) in [5, 5.41) is 4.91. The topological polar surface area (TPSA) is 49.4 Å². The average Bonchev–Trinajstić information content (AvgIpc) is 3.24. The predicted octanol–water partition coefficient (Wildman–Crippen LogP) is 2.83. The first kappa shape index (κ1) is 15.5. The number of thiophene rings is 1. The van der Waals surface area contributed by atoms with E-state index in [4.69, 9.17) is 0 Å². The monoisotopic (exact) mass is 320 g/mol. The lowest BCUT2D eigenvalue weighted by atomic mass is 10.1. The minimum atomic E-state index is -0.0114. The molecule has 0 unspecified atom stereocenters. The van der Waals surface area contributed by atoms with Crippen molar-refractivity contribution in [3.63, 3.8) is 0 Å². The highest BCUT2D eigenvalue weighted by molar-refractivity contribution is 7.10. The maximum atomic E-state index is 12.1. The quantitative estimate of drug-likeness (QED) is 0.907. The van der Waals surface area contributed by atoms with Crippen LogP contribution in [0.1, 0.15) is 54.3 Å². The molecule has 0 radical (unpaired) electrons. The molecule has 1 aromatic rings. The van der Waals surface area contributed by atoms with Crippen LogP contribution < -0.4 is 5.32 Å². The SMILES string of the molecule is CCc1cc(C(=O)NC[C@@H]2CC(=O)N(C3CCCC3)C2)cs1. The van der Waals surface area contributed by atoms with E-state index in [-0.39, 0.29) is 17.7 Å². The summed E-state index contributed by atoms with van der Waals surface area (Å²) in [4.78, 5) is 27.6. The van der Waals surface area contributed by atoms with Crippen LogP contribution in [0.3, 0.4) is 0 Å². The normalized spacial score (nSPS) is 22.5. The third-order valence-electron chi connectivity index (χ3n) is 4.82. The fraction of sp³-hybridized carbons (Fsp3) is 0.647. The molecular weight excluding hydrogens is 296 g/mol. The molecule has 5 heteroatoms. The van der Waals surface area contributed by atoms with Crippen LogP contribution in [-0.2, 0) is 11.2 Å². The van der Waals surface area contributed by atoms with E-state index in [1.165, 1.54) is 17.7 Å². The molecule has 2 aliphatic rings. The van der Waals surface area contributed by atoms with E-state index in [1.807, 2.05) is 11.4 Å². The molecule has 1 aromatic heterocycles. The van der Waals surface area contributed by atoms with Crippen molar-refractivity contribution in [1.82, 2.24) is 10.2 Å². The van der Waals surface area contributed by atoms with Crippen molar-refractivity contribution < 1.29 is 9.59 Å². The van der Waals surface area contributed by atoms with Gasteiger partial charge in [0, 0.05) is 41.7 Å². The molecule has 2 fully saturated rings. The summed E-state index contributed by atoms with van der Waals surface area (Å²) in [6.45, 7) is 3.51. The van der Waals surface area contributed by atoms with Crippen molar-refractivity contribution in [3.8, 4) is 0 Å². The number of nitrogens with zero attached hydrogens (tertiary/aromatic N) is 1. The smallest absolute Gasteiger partial charge is 0.252 e. The predicted molar refractivity (Wildman–Crippen MR) is 88.1 cm³/mol. The van der Waals surface area contributed by atoms with Crippen LogP contribution in [0.25, 0.3) is 0 Å². The Labute approximate surface area is 135 Å². The van der Waals surface area contributed by atoms with Gasteiger partial charge in [-0.05, 0) is 25.3 Å². The number of nitrogens with one attached hydrogen (secondary N) is 1. The minimum Gasteiger partial charge on any atom is -0.352 e. The van der Waals surface area contributed by atoms with Crippen LogP contribution in [0.2, 0.25) is 0 Å². The van der Waals surface area contributed by atoms with Gasteiger partial charge in [-0.1, -0.05) is 19.8 Å². The van der Waals surface area contributed by atoms with Crippen molar-refractivity contribution in [3.05, 3.63) is 21.9 Å². The summed E-state index contributed by atoms with van der Waals surface area (Å²) < 4.78 is 0. The van der Waals surface area contributed by atoms with Crippen LogP contribution >= 0.6 is 11.3 Å². The van der Waals surface area contributed by atoms with Crippen LogP contribution in [0.5, 0.6) is 0 Å². The zero-order chi connectivity index (χ0) is 15.5. The van der Waals surface area contributed by atoms with E-state index in [0.717, 1.165) is 31.4 Å². The highest BCUT2D eigenvalue weighted by atomic mass is 32.1. The van der Waals surface area contributed by atoms with Crippen LogP contribution in [-0.4, -0.2) is 35.8 Å². The van der Waals surface area contributed by atoms with Crippen LogP contribution in [0, 0.1) is 5.92 Å². The summed E-state index contributed by atoms with van der Waals surface area (Å²) in [7, 11) is 0. The Bertz CT molecular complexity index is 549. The molecule has 1 atom stereocenters. The number of rotatable bonds is 5. The average molecular weight is 320 g/mol. The Balaban J connectivity index is 1.49. The highest BCUT2D eigenvalue weighted by Gasteiger charge is 2.35. The zero-order valence-corrected chi connectivity index (χ0v) is 14.0. The molecule has 0 spiro atoms. The Kier molecular flexibility index (Phi) is 4.81. The van der Waals surface area contributed by atoms with Gasteiger partial charge in [-0.2, -0.15) is 0 Å². The molecule has 2 heterocycles. The second-order valence-corrected chi connectivity index (χ2v) is 7.42. The third kappa shape index (κ3) is 3.35. The Hall–Kier alpha value is -1.36. The van der Waals surface area contributed by atoms with E-state index < -0.39 is 0 Å². The lowest BCUT2D eigenvalue weighted by molar-refractivity contribution is -0.129. The number of aryl methyl sites for hydroxylation is 1. The molecular formula is C17H24N2O2S. The highest BCUT2D eigenvalue weighted by Crippen LogP contribution is 2.29. The molecule has 3 rings (SSSR count). The van der Waals surface area contributed by atoms with Crippen molar-refractivity contribution in [1.29, 1.82) is 0 Å². The van der Waals surface area contributed by atoms with Crippen molar-refractivity contribution in [2.45, 2.75) is 51.5 Å². The summed E-state index contributed by atoms with van der Waals surface area (Å²) >= 11 is 1.63. The standard InChI is InChI=1S/C17H24N2O2S/c1-2-15-8-13(11-22-15)17(21)18-9-12-7-16(20)19(10-12)14-5-3-4-6-14/h8,11-12,14H,2-7,9-10H2,1H3,(H,18,21)/t12-/m0/s1. The largest absolute Gasteiger partial charge is 0.352 e. The van der Waals surface area contributed by atoms with Crippen molar-refractivity contribution >= 4 is 23.2 Å². The minimum absolute atomic E-state index is 0.0114. The van der Waals surface area contributed by atoms with Crippen molar-refractivity contribution in [2.75, 3.05) is 13.1 Å². The molecule has 120 valence electrons. The summed E-state index contributed by atoms with van der Waals surface area (Å²) in [6, 6.07) is 2.42. The van der Waals surface area contributed by atoms with E-state index >= 15 is 0 Å². The van der Waals surface area contributed by atoms with E-state index in [0.29, 0.717) is 19.0 Å². The van der Waals surface area contributed by atoms with Gasteiger partial charge in [-0.25, -0.2) is 0 Å². The second kappa shape index (κ2) is 6.82. The van der Waals surface area contributed by atoms with E-state index in [2.05, 4.69) is 17.1 Å². The number of hydrogen-bond acceptors (Lipinski definition) is 3. The second-order valence-electron chi connectivity index (χ2n) is 6.42. The molecule has 1 aliphatic carbocycles. The molecule has 4 nitrogen and oxygen atoms in total. The third-order valence-corrected chi connectivity index (χ3v) is 5.90. The lowest BCUT2D eigenvalue weighted by Gasteiger charge is -2.24. The number of carbonyl (C=O) groups is 2. The van der Waals surface area contributed by atoms with Crippen LogP contribution in [0.4, 0.5) is 0 Å². The number of likely N-dealkylation sites (tertiary alicyclic amines) is 1. The summed E-state index contributed by atoms with van der Waals surface area (Å²) in [5.41, 5.74) is 0.749. The summed E-state index contributed by atoms with van der Waals surface area (Å²) in [5.74, 6) is 0.527. The molecule has 0 aromatic carbocycles. The molecule has 1 N–H and O–H groups in total. The Morgan fingerprint density at radius 1 is 1.41 bits per heavy atom. The maximum Gasteiger partial charge on any atom is 0.252 e. The van der Waals surface area contributed by atoms with Gasteiger partial charge in [-0.3, -0.25) is 9.59 Å². The van der Waals surface area contributed by atoms with Crippen molar-refractivity contribution in [2.24, 2.45) is 5.92 Å².